The number of carboxylic acids is 1. The number of benzene rings is 2. The number of hydrogen-bond acceptors (Lipinski definition) is 2. The molecule has 0 fully saturated rings. The molecular weight excluding hydrogens is 308 g/mol. The van der Waals surface area contributed by atoms with Crippen LogP contribution in [0.25, 0.3) is 10.8 Å². The highest BCUT2D eigenvalue weighted by atomic mass is 79.9. The lowest BCUT2D eigenvalue weighted by molar-refractivity contribution is -0.148. The summed E-state index contributed by atoms with van der Waals surface area (Å²) in [6.45, 7) is 3.41. The molecule has 0 bridgehead atoms. The maximum absolute atomic E-state index is 11.0. The number of hydrogen-bond donors (Lipinski definition) is 1. The van der Waals surface area contributed by atoms with Crippen molar-refractivity contribution in [2.24, 2.45) is 5.41 Å². The molecule has 0 radical (unpaired) electrons. The summed E-state index contributed by atoms with van der Waals surface area (Å²) in [6, 6.07) is 11.8. The van der Waals surface area contributed by atoms with Crippen molar-refractivity contribution < 1.29 is 14.6 Å². The largest absolute Gasteiger partial charge is 0.491 e. The maximum Gasteiger partial charge on any atom is 0.312 e. The Morgan fingerprint density at radius 2 is 1.95 bits per heavy atom. The average Bonchev–Trinajstić information content (AvgIpc) is 2.38. The van der Waals surface area contributed by atoms with Gasteiger partial charge >= 0.3 is 5.97 Å². The number of ether oxygens (including phenoxy) is 1. The van der Waals surface area contributed by atoms with Crippen molar-refractivity contribution in [1.29, 1.82) is 0 Å². The lowest BCUT2D eigenvalue weighted by atomic mass is 9.95. The Morgan fingerprint density at radius 3 is 2.63 bits per heavy atom. The van der Waals surface area contributed by atoms with Gasteiger partial charge in [0.1, 0.15) is 12.4 Å². The lowest BCUT2D eigenvalue weighted by Gasteiger charge is -2.20. The highest BCUT2D eigenvalue weighted by Crippen LogP contribution is 2.33. The molecule has 19 heavy (non-hydrogen) atoms. The van der Waals surface area contributed by atoms with Gasteiger partial charge in [0, 0.05) is 0 Å². The van der Waals surface area contributed by atoms with Crippen LogP contribution in [0.15, 0.2) is 40.9 Å². The smallest absolute Gasteiger partial charge is 0.312 e. The van der Waals surface area contributed by atoms with Gasteiger partial charge in [0.25, 0.3) is 0 Å². The number of carbonyl (C=O) groups is 1. The third kappa shape index (κ3) is 2.89. The summed E-state index contributed by atoms with van der Waals surface area (Å²) in [6.07, 6.45) is 0. The fraction of sp³-hybridized carbons (Fsp3) is 0.267. The van der Waals surface area contributed by atoms with Crippen molar-refractivity contribution in [3.8, 4) is 5.75 Å². The van der Waals surface area contributed by atoms with Crippen molar-refractivity contribution in [1.82, 2.24) is 0 Å². The predicted octanol–water partition coefficient (Wildman–Crippen LogP) is 4.09. The summed E-state index contributed by atoms with van der Waals surface area (Å²) in [4.78, 5) is 11.0. The van der Waals surface area contributed by atoms with E-state index >= 15 is 0 Å². The molecule has 0 spiro atoms. The summed E-state index contributed by atoms with van der Waals surface area (Å²) in [5, 5.41) is 11.2. The lowest BCUT2D eigenvalue weighted by Crippen LogP contribution is -2.30. The molecule has 0 saturated heterocycles. The van der Waals surface area contributed by atoms with E-state index in [0.29, 0.717) is 5.75 Å². The predicted molar refractivity (Wildman–Crippen MR) is 78.6 cm³/mol. The first-order chi connectivity index (χ1) is 8.92. The average molecular weight is 323 g/mol. The fourth-order valence-electron chi connectivity index (χ4n) is 1.64. The third-order valence-electron chi connectivity index (χ3n) is 3.00. The Hall–Kier alpha value is -1.55. The van der Waals surface area contributed by atoms with Crippen LogP contribution in [0.5, 0.6) is 5.75 Å². The molecule has 1 N–H and O–H groups in total. The van der Waals surface area contributed by atoms with Crippen molar-refractivity contribution >= 4 is 32.7 Å². The Kier molecular flexibility index (Phi) is 3.80. The minimum Gasteiger partial charge on any atom is -0.491 e. The van der Waals surface area contributed by atoms with Crippen LogP contribution >= 0.6 is 15.9 Å². The van der Waals surface area contributed by atoms with Gasteiger partial charge in [-0.1, -0.05) is 30.3 Å². The van der Waals surface area contributed by atoms with Gasteiger partial charge < -0.3 is 9.84 Å². The van der Waals surface area contributed by atoms with E-state index in [-0.39, 0.29) is 6.61 Å². The van der Waals surface area contributed by atoms with Crippen molar-refractivity contribution in [3.05, 3.63) is 40.9 Å². The van der Waals surface area contributed by atoms with Gasteiger partial charge in [0.05, 0.1) is 9.89 Å². The summed E-state index contributed by atoms with van der Waals surface area (Å²) in [5.74, 6) is -0.211. The summed E-state index contributed by atoms with van der Waals surface area (Å²) < 4.78 is 6.50. The Labute approximate surface area is 120 Å². The van der Waals surface area contributed by atoms with Crippen LogP contribution in [0.1, 0.15) is 13.8 Å². The number of aliphatic carboxylic acids is 1. The quantitative estimate of drug-likeness (QED) is 0.922. The number of fused-ring (bicyclic) bond motifs is 1. The molecule has 0 aromatic heterocycles. The molecule has 2 rings (SSSR count). The SMILES string of the molecule is CC(C)(COc1ccc2ccccc2c1Br)C(=O)O. The highest BCUT2D eigenvalue weighted by molar-refractivity contribution is 9.10. The normalized spacial score (nSPS) is 11.5. The van der Waals surface area contributed by atoms with E-state index in [1.54, 1.807) is 13.8 Å². The molecule has 0 amide bonds. The molecule has 0 aliphatic rings. The van der Waals surface area contributed by atoms with Gasteiger partial charge in [0.2, 0.25) is 0 Å². The molecule has 2 aromatic rings. The van der Waals surface area contributed by atoms with Crippen LogP contribution in [0, 0.1) is 5.41 Å². The van der Waals surface area contributed by atoms with Gasteiger partial charge in [-0.25, -0.2) is 0 Å². The minimum absolute atomic E-state index is 0.124. The second-order valence-corrected chi connectivity index (χ2v) is 5.87. The van der Waals surface area contributed by atoms with E-state index in [0.717, 1.165) is 15.2 Å². The monoisotopic (exact) mass is 322 g/mol. The standard InChI is InChI=1S/C15H15BrO3/c1-15(2,14(17)18)9-19-12-8-7-10-5-3-4-6-11(10)13(12)16/h3-8H,9H2,1-2H3,(H,17,18). The second kappa shape index (κ2) is 5.21. The molecule has 0 aliphatic heterocycles. The molecule has 4 heteroatoms. The topological polar surface area (TPSA) is 46.5 Å². The van der Waals surface area contributed by atoms with E-state index in [1.807, 2.05) is 36.4 Å². The van der Waals surface area contributed by atoms with E-state index in [1.165, 1.54) is 0 Å². The van der Waals surface area contributed by atoms with E-state index in [4.69, 9.17) is 9.84 Å². The number of halogens is 1. The number of carboxylic acid groups (broad SMARTS) is 1. The molecule has 0 unspecified atom stereocenters. The van der Waals surface area contributed by atoms with Crippen LogP contribution in [-0.4, -0.2) is 17.7 Å². The maximum atomic E-state index is 11.0. The molecule has 100 valence electrons. The Balaban J connectivity index is 2.27. The zero-order chi connectivity index (χ0) is 14.0. The van der Waals surface area contributed by atoms with Gasteiger partial charge in [-0.2, -0.15) is 0 Å². The highest BCUT2D eigenvalue weighted by Gasteiger charge is 2.28. The van der Waals surface area contributed by atoms with Crippen molar-refractivity contribution in [2.75, 3.05) is 6.61 Å². The summed E-state index contributed by atoms with van der Waals surface area (Å²) >= 11 is 3.51. The second-order valence-electron chi connectivity index (χ2n) is 5.08. The van der Waals surface area contributed by atoms with Crippen LogP contribution < -0.4 is 4.74 Å². The van der Waals surface area contributed by atoms with E-state index in [2.05, 4.69) is 15.9 Å². The summed E-state index contributed by atoms with van der Waals surface area (Å²) in [5.41, 5.74) is -0.912. The first kappa shape index (κ1) is 13.9. The van der Waals surface area contributed by atoms with Gasteiger partial charge in [-0.15, -0.1) is 0 Å². The molecule has 0 saturated carbocycles. The van der Waals surface area contributed by atoms with Gasteiger partial charge in [-0.3, -0.25) is 4.79 Å². The number of rotatable bonds is 4. The van der Waals surface area contributed by atoms with Crippen LogP contribution in [0.3, 0.4) is 0 Å². The third-order valence-corrected chi connectivity index (χ3v) is 3.81. The van der Waals surface area contributed by atoms with Crippen LogP contribution in [0.4, 0.5) is 0 Å². The Morgan fingerprint density at radius 1 is 1.26 bits per heavy atom. The van der Waals surface area contributed by atoms with Crippen LogP contribution in [-0.2, 0) is 4.79 Å². The van der Waals surface area contributed by atoms with Crippen molar-refractivity contribution in [2.45, 2.75) is 13.8 Å². The minimum atomic E-state index is -0.912. The van der Waals surface area contributed by atoms with Crippen molar-refractivity contribution in [3.63, 3.8) is 0 Å². The fourth-order valence-corrected chi connectivity index (χ4v) is 2.25. The molecule has 3 nitrogen and oxygen atoms in total. The molecular formula is C15H15BrO3. The first-order valence-corrected chi connectivity index (χ1v) is 6.74. The molecule has 0 heterocycles. The van der Waals surface area contributed by atoms with E-state index in [9.17, 15) is 4.79 Å². The van der Waals surface area contributed by atoms with E-state index < -0.39 is 11.4 Å². The Bertz CT molecular complexity index is 620. The van der Waals surface area contributed by atoms with Crippen LogP contribution in [0.2, 0.25) is 0 Å². The zero-order valence-electron chi connectivity index (χ0n) is 10.8. The van der Waals surface area contributed by atoms with Gasteiger partial charge in [-0.05, 0) is 46.6 Å². The molecule has 2 aromatic carbocycles. The molecule has 0 atom stereocenters. The molecule has 0 aliphatic carbocycles. The summed E-state index contributed by atoms with van der Waals surface area (Å²) in [7, 11) is 0. The zero-order valence-corrected chi connectivity index (χ0v) is 12.4. The first-order valence-electron chi connectivity index (χ1n) is 5.95. The van der Waals surface area contributed by atoms with Gasteiger partial charge in [0.15, 0.2) is 0 Å².